The fourth-order valence-electron chi connectivity index (χ4n) is 5.55. The predicted octanol–water partition coefficient (Wildman–Crippen LogP) is 5.68. The van der Waals surface area contributed by atoms with Gasteiger partial charge in [-0.1, -0.05) is 50.1 Å². The number of nitrogens with zero attached hydrogens (tertiary/aromatic N) is 4. The van der Waals surface area contributed by atoms with Crippen molar-refractivity contribution in [1.29, 1.82) is 0 Å². The van der Waals surface area contributed by atoms with Crippen molar-refractivity contribution in [2.45, 2.75) is 38.5 Å². The van der Waals surface area contributed by atoms with Gasteiger partial charge in [0.1, 0.15) is 17.4 Å². The molecule has 8 heteroatoms. The maximum atomic E-state index is 13.0. The number of anilines is 2. The molecular weight excluding hydrogens is 488 g/mol. The number of fused-ring (bicyclic) bond motifs is 1. The van der Waals surface area contributed by atoms with Crippen molar-refractivity contribution in [2.75, 3.05) is 11.1 Å². The molecule has 0 bridgehead atoms. The third-order valence-electron chi connectivity index (χ3n) is 7.72. The molecule has 3 N–H and O–H groups in total. The summed E-state index contributed by atoms with van der Waals surface area (Å²) in [5.74, 6) is 1.16. The number of pyridine rings is 1. The maximum absolute atomic E-state index is 13.0. The molecule has 0 atom stereocenters. The van der Waals surface area contributed by atoms with E-state index in [-0.39, 0.29) is 11.1 Å². The second kappa shape index (κ2) is 10.2. The fourth-order valence-corrected chi connectivity index (χ4v) is 5.55. The van der Waals surface area contributed by atoms with Gasteiger partial charge < -0.3 is 11.1 Å². The summed E-state index contributed by atoms with van der Waals surface area (Å²) in [6.07, 6.45) is 7.85. The molecule has 6 rings (SSSR count). The zero-order valence-electron chi connectivity index (χ0n) is 21.7. The third kappa shape index (κ3) is 4.69. The van der Waals surface area contributed by atoms with E-state index in [9.17, 15) is 9.59 Å². The second-order valence-corrected chi connectivity index (χ2v) is 10.3. The summed E-state index contributed by atoms with van der Waals surface area (Å²) < 4.78 is 3.41. The number of carbonyl (C=O) groups excluding carboxylic acids is 1. The maximum Gasteiger partial charge on any atom is 0.267 e. The van der Waals surface area contributed by atoms with Crippen molar-refractivity contribution < 1.29 is 4.79 Å². The van der Waals surface area contributed by atoms with Crippen LogP contribution in [0.4, 0.5) is 11.5 Å². The van der Waals surface area contributed by atoms with Crippen LogP contribution in [-0.4, -0.2) is 25.1 Å². The van der Waals surface area contributed by atoms with Gasteiger partial charge in [-0.2, -0.15) is 5.10 Å². The van der Waals surface area contributed by atoms with Crippen molar-refractivity contribution in [3.05, 3.63) is 107 Å². The monoisotopic (exact) mass is 518 g/mol. The van der Waals surface area contributed by atoms with E-state index in [1.165, 1.54) is 29.8 Å². The molecule has 0 radical (unpaired) electrons. The lowest BCUT2D eigenvalue weighted by atomic mass is 9.81. The standard InChI is InChI=1S/C31H30N6O2/c1-20-9-11-22(12-10-20)27-18-26(28-29(32)33-19-34-37(27)28)21-13-15-23(16-14-21)35-30(38)25-8-5-17-36(31(25)39)24-6-3-2-4-7-24/h2-8,13-20,22H,9-12H2,1H3,(H,35,38)(H2,32,33,34). The minimum atomic E-state index is -0.459. The molecule has 0 spiro atoms. The van der Waals surface area contributed by atoms with Crippen LogP contribution in [0, 0.1) is 5.92 Å². The Morgan fingerprint density at radius 3 is 2.46 bits per heavy atom. The molecule has 8 nitrogen and oxygen atoms in total. The topological polar surface area (TPSA) is 107 Å². The first-order valence-corrected chi connectivity index (χ1v) is 13.3. The van der Waals surface area contributed by atoms with Crippen LogP contribution in [0.2, 0.25) is 0 Å². The lowest BCUT2D eigenvalue weighted by Gasteiger charge is -2.25. The van der Waals surface area contributed by atoms with Gasteiger partial charge in [0, 0.05) is 34.7 Å². The average molecular weight is 519 g/mol. The number of para-hydroxylation sites is 1. The number of hydrogen-bond donors (Lipinski definition) is 2. The highest BCUT2D eigenvalue weighted by molar-refractivity contribution is 6.04. The quantitative estimate of drug-likeness (QED) is 0.311. The molecule has 0 unspecified atom stereocenters. The number of nitrogens with one attached hydrogen (secondary N) is 1. The minimum absolute atomic E-state index is 0.0697. The van der Waals surface area contributed by atoms with Crippen LogP contribution in [0.3, 0.4) is 0 Å². The highest BCUT2D eigenvalue weighted by atomic mass is 16.2. The van der Waals surface area contributed by atoms with Crippen molar-refractivity contribution in [2.24, 2.45) is 5.92 Å². The number of nitrogens with two attached hydrogens (primary N) is 1. The fraction of sp³-hybridized carbons (Fsp3) is 0.226. The van der Waals surface area contributed by atoms with E-state index >= 15 is 0 Å². The van der Waals surface area contributed by atoms with Crippen LogP contribution in [0.1, 0.15) is 54.6 Å². The number of rotatable bonds is 5. The number of nitrogen functional groups attached to an aromatic ring is 1. The summed E-state index contributed by atoms with van der Waals surface area (Å²) in [4.78, 5) is 30.3. The second-order valence-electron chi connectivity index (χ2n) is 10.3. The van der Waals surface area contributed by atoms with Gasteiger partial charge in [0.15, 0.2) is 5.82 Å². The lowest BCUT2D eigenvalue weighted by Crippen LogP contribution is -2.27. The van der Waals surface area contributed by atoms with Gasteiger partial charge in [0.05, 0.1) is 0 Å². The van der Waals surface area contributed by atoms with E-state index in [2.05, 4.69) is 28.4 Å². The zero-order chi connectivity index (χ0) is 26.9. The van der Waals surface area contributed by atoms with Crippen molar-refractivity contribution in [3.63, 3.8) is 0 Å². The van der Waals surface area contributed by atoms with Gasteiger partial charge >= 0.3 is 0 Å². The highest BCUT2D eigenvalue weighted by Gasteiger charge is 2.25. The van der Waals surface area contributed by atoms with Crippen LogP contribution in [0.25, 0.3) is 22.3 Å². The molecule has 3 heterocycles. The number of carbonyl (C=O) groups is 1. The zero-order valence-corrected chi connectivity index (χ0v) is 21.7. The molecule has 3 aromatic heterocycles. The Balaban J connectivity index is 1.28. The Kier molecular flexibility index (Phi) is 6.44. The number of aromatic nitrogens is 4. The first-order chi connectivity index (χ1) is 19.0. The van der Waals surface area contributed by atoms with E-state index in [1.807, 2.05) is 59.1 Å². The first kappa shape index (κ1) is 24.6. The smallest absolute Gasteiger partial charge is 0.267 e. The molecule has 0 saturated heterocycles. The van der Waals surface area contributed by atoms with Crippen molar-refractivity contribution in [3.8, 4) is 16.8 Å². The highest BCUT2D eigenvalue weighted by Crippen LogP contribution is 2.40. The van der Waals surface area contributed by atoms with E-state index in [4.69, 9.17) is 5.73 Å². The molecule has 1 aliphatic rings. The third-order valence-corrected chi connectivity index (χ3v) is 7.72. The molecule has 5 aromatic rings. The molecule has 1 saturated carbocycles. The summed E-state index contributed by atoms with van der Waals surface area (Å²) >= 11 is 0. The Morgan fingerprint density at radius 2 is 1.72 bits per heavy atom. The minimum Gasteiger partial charge on any atom is -0.382 e. The Labute approximate surface area is 226 Å². The van der Waals surface area contributed by atoms with Crippen LogP contribution < -0.4 is 16.6 Å². The normalized spacial score (nSPS) is 17.3. The lowest BCUT2D eigenvalue weighted by molar-refractivity contribution is 0.102. The Hall–Kier alpha value is -4.72. The van der Waals surface area contributed by atoms with E-state index in [1.54, 1.807) is 12.3 Å². The summed E-state index contributed by atoms with van der Waals surface area (Å²) in [6.45, 7) is 2.31. The van der Waals surface area contributed by atoms with Crippen molar-refractivity contribution in [1.82, 2.24) is 19.2 Å². The Bertz CT molecular complexity index is 1700. The first-order valence-electron chi connectivity index (χ1n) is 13.3. The van der Waals surface area contributed by atoms with Crippen LogP contribution >= 0.6 is 0 Å². The molecule has 1 aliphatic carbocycles. The number of hydrogen-bond acceptors (Lipinski definition) is 5. The van der Waals surface area contributed by atoms with E-state index in [0.29, 0.717) is 23.1 Å². The van der Waals surface area contributed by atoms with Gasteiger partial charge in [-0.25, -0.2) is 9.50 Å². The molecule has 1 fully saturated rings. The van der Waals surface area contributed by atoms with E-state index in [0.717, 1.165) is 41.1 Å². The number of benzene rings is 2. The van der Waals surface area contributed by atoms with Crippen LogP contribution in [-0.2, 0) is 0 Å². The van der Waals surface area contributed by atoms with Gasteiger partial charge in [0.25, 0.3) is 11.5 Å². The van der Waals surface area contributed by atoms with Gasteiger partial charge in [-0.15, -0.1) is 0 Å². The van der Waals surface area contributed by atoms with Crippen LogP contribution in [0.5, 0.6) is 0 Å². The largest absolute Gasteiger partial charge is 0.382 e. The molecule has 39 heavy (non-hydrogen) atoms. The molecule has 1 amide bonds. The van der Waals surface area contributed by atoms with Gasteiger partial charge in [-0.3, -0.25) is 14.2 Å². The summed E-state index contributed by atoms with van der Waals surface area (Å²) in [7, 11) is 0. The summed E-state index contributed by atoms with van der Waals surface area (Å²) in [6, 6.07) is 22.2. The molecule has 196 valence electrons. The summed E-state index contributed by atoms with van der Waals surface area (Å²) in [5, 5.41) is 7.41. The van der Waals surface area contributed by atoms with Crippen LogP contribution in [0.15, 0.2) is 90.1 Å². The number of amides is 1. The predicted molar refractivity (Wildman–Crippen MR) is 153 cm³/mol. The SMILES string of the molecule is CC1CCC(c2cc(-c3ccc(NC(=O)c4cccn(-c5ccccc5)c4=O)cc3)c3c(N)ncnn23)CC1. The average Bonchev–Trinajstić information content (AvgIpc) is 3.35. The Morgan fingerprint density at radius 1 is 0.974 bits per heavy atom. The van der Waals surface area contributed by atoms with Gasteiger partial charge in [-0.05, 0) is 66.8 Å². The molecule has 2 aromatic carbocycles. The summed E-state index contributed by atoms with van der Waals surface area (Å²) in [5.41, 5.74) is 11.2. The van der Waals surface area contributed by atoms with Gasteiger partial charge in [0.2, 0.25) is 0 Å². The van der Waals surface area contributed by atoms with Crippen molar-refractivity contribution >= 4 is 22.9 Å². The van der Waals surface area contributed by atoms with E-state index < -0.39 is 5.91 Å². The molecule has 0 aliphatic heterocycles. The molecular formula is C31H30N6O2.